The zero-order valence-electron chi connectivity index (χ0n) is 11.1. The zero-order chi connectivity index (χ0) is 14.9. The Balaban J connectivity index is 2.23. The maximum Gasteiger partial charge on any atom is 0.417 e. The number of ketones is 1. The van der Waals surface area contributed by atoms with E-state index in [2.05, 4.69) is 0 Å². The molecule has 2 rings (SSSR count). The van der Waals surface area contributed by atoms with Gasteiger partial charge in [0.25, 0.3) is 0 Å². The minimum atomic E-state index is -4.51. The molecule has 108 valence electrons. The van der Waals surface area contributed by atoms with Crippen molar-refractivity contribution in [2.75, 3.05) is 12.4 Å². The Labute approximate surface area is 119 Å². The van der Waals surface area contributed by atoms with Crippen molar-refractivity contribution in [3.05, 3.63) is 46.0 Å². The Morgan fingerprint density at radius 1 is 1.30 bits per heavy atom. The number of benzene rings is 1. The molecule has 0 aromatic heterocycles. The van der Waals surface area contributed by atoms with Gasteiger partial charge in [0.1, 0.15) is 0 Å². The second-order valence-corrected chi connectivity index (χ2v) is 5.74. The number of hydrogen-bond donors (Lipinski definition) is 0. The Bertz CT molecular complexity index is 566. The van der Waals surface area contributed by atoms with Gasteiger partial charge in [0.05, 0.1) is 18.0 Å². The summed E-state index contributed by atoms with van der Waals surface area (Å²) in [6.45, 7) is 3.79. The third kappa shape index (κ3) is 3.00. The highest BCUT2D eigenvalue weighted by molar-refractivity contribution is 8.03. The van der Waals surface area contributed by atoms with E-state index in [0.717, 1.165) is 16.7 Å². The SMILES string of the molecule is CC1=C(C)N(CC(=O)c2ccccc2C(F)(F)F)CS1. The monoisotopic (exact) mass is 301 g/mol. The van der Waals surface area contributed by atoms with Gasteiger partial charge in [-0.05, 0) is 19.9 Å². The van der Waals surface area contributed by atoms with Crippen molar-refractivity contribution in [2.45, 2.75) is 20.0 Å². The molecule has 0 fully saturated rings. The number of carbonyl (C=O) groups is 1. The fourth-order valence-electron chi connectivity index (χ4n) is 1.99. The molecule has 1 aliphatic rings. The molecule has 0 atom stereocenters. The van der Waals surface area contributed by atoms with E-state index in [0.29, 0.717) is 5.88 Å². The van der Waals surface area contributed by atoms with Crippen LogP contribution in [0.2, 0.25) is 0 Å². The highest BCUT2D eigenvalue weighted by atomic mass is 32.2. The van der Waals surface area contributed by atoms with Crippen LogP contribution in [0.4, 0.5) is 13.2 Å². The van der Waals surface area contributed by atoms with Crippen molar-refractivity contribution >= 4 is 17.5 Å². The van der Waals surface area contributed by atoms with Crippen LogP contribution >= 0.6 is 11.8 Å². The Morgan fingerprint density at radius 2 is 1.95 bits per heavy atom. The molecule has 0 spiro atoms. The summed E-state index contributed by atoms with van der Waals surface area (Å²) in [7, 11) is 0. The van der Waals surface area contributed by atoms with Crippen molar-refractivity contribution < 1.29 is 18.0 Å². The molecule has 20 heavy (non-hydrogen) atoms. The summed E-state index contributed by atoms with van der Waals surface area (Å²) >= 11 is 1.59. The van der Waals surface area contributed by atoms with E-state index in [4.69, 9.17) is 0 Å². The lowest BCUT2D eigenvalue weighted by atomic mass is 10.0. The predicted octanol–water partition coefficient (Wildman–Crippen LogP) is 4.15. The van der Waals surface area contributed by atoms with Crippen LogP contribution in [0.15, 0.2) is 34.9 Å². The van der Waals surface area contributed by atoms with Crippen LogP contribution in [0.5, 0.6) is 0 Å². The molecular weight excluding hydrogens is 287 g/mol. The summed E-state index contributed by atoms with van der Waals surface area (Å²) in [6.07, 6.45) is -4.51. The van der Waals surface area contributed by atoms with Crippen LogP contribution in [-0.4, -0.2) is 23.1 Å². The minimum Gasteiger partial charge on any atom is -0.357 e. The summed E-state index contributed by atoms with van der Waals surface area (Å²) in [6, 6.07) is 4.93. The fraction of sp³-hybridized carbons (Fsp3) is 0.357. The number of allylic oxidation sites excluding steroid dienone is 2. The molecule has 0 aliphatic carbocycles. The highest BCUT2D eigenvalue weighted by Gasteiger charge is 2.35. The van der Waals surface area contributed by atoms with Crippen molar-refractivity contribution in [1.29, 1.82) is 0 Å². The van der Waals surface area contributed by atoms with E-state index in [9.17, 15) is 18.0 Å². The molecule has 0 saturated carbocycles. The number of nitrogens with zero attached hydrogens (tertiary/aromatic N) is 1. The number of hydrogen-bond acceptors (Lipinski definition) is 3. The molecule has 0 saturated heterocycles. The van der Waals surface area contributed by atoms with E-state index in [-0.39, 0.29) is 12.1 Å². The Morgan fingerprint density at radius 3 is 2.50 bits per heavy atom. The summed E-state index contributed by atoms with van der Waals surface area (Å²) in [5, 5.41) is 0. The molecule has 0 unspecified atom stereocenters. The Hall–Kier alpha value is -1.43. The van der Waals surface area contributed by atoms with Crippen molar-refractivity contribution in [3.63, 3.8) is 0 Å². The first-order valence-electron chi connectivity index (χ1n) is 6.05. The maximum absolute atomic E-state index is 12.9. The molecule has 0 N–H and O–H groups in total. The molecule has 1 aliphatic heterocycles. The smallest absolute Gasteiger partial charge is 0.357 e. The lowest BCUT2D eigenvalue weighted by Gasteiger charge is -2.19. The molecule has 1 heterocycles. The van der Waals surface area contributed by atoms with Crippen molar-refractivity contribution in [2.24, 2.45) is 0 Å². The van der Waals surface area contributed by atoms with Crippen LogP contribution in [0, 0.1) is 0 Å². The highest BCUT2D eigenvalue weighted by Crippen LogP contribution is 2.34. The Kier molecular flexibility index (Phi) is 4.13. The topological polar surface area (TPSA) is 20.3 Å². The normalized spacial score (nSPS) is 15.9. The third-order valence-corrected chi connectivity index (χ3v) is 4.46. The van der Waals surface area contributed by atoms with Gasteiger partial charge in [0.15, 0.2) is 5.78 Å². The fourth-order valence-corrected chi connectivity index (χ4v) is 2.97. The standard InChI is InChI=1S/C14H14F3NOS/c1-9-10(2)20-8-18(9)7-13(19)11-5-3-4-6-12(11)14(15,16)17/h3-6H,7-8H2,1-2H3. The second-order valence-electron chi connectivity index (χ2n) is 4.58. The van der Waals surface area contributed by atoms with Gasteiger partial charge in [-0.2, -0.15) is 13.2 Å². The molecule has 0 amide bonds. The first kappa shape index (κ1) is 15.0. The van der Waals surface area contributed by atoms with Gasteiger partial charge in [-0.1, -0.05) is 18.2 Å². The number of thioether (sulfide) groups is 1. The van der Waals surface area contributed by atoms with Crippen molar-refractivity contribution in [1.82, 2.24) is 4.90 Å². The maximum atomic E-state index is 12.9. The molecule has 0 bridgehead atoms. The van der Waals surface area contributed by atoms with Crippen molar-refractivity contribution in [3.8, 4) is 0 Å². The number of Topliss-reactive ketones (excluding diaryl/α,β-unsaturated/α-hetero) is 1. The van der Waals surface area contributed by atoms with Crippen LogP contribution < -0.4 is 0 Å². The van der Waals surface area contributed by atoms with E-state index < -0.39 is 17.5 Å². The van der Waals surface area contributed by atoms with Crippen LogP contribution in [-0.2, 0) is 6.18 Å². The first-order valence-corrected chi connectivity index (χ1v) is 7.04. The molecule has 0 radical (unpaired) electrons. The number of halogens is 3. The van der Waals surface area contributed by atoms with Crippen LogP contribution in [0.25, 0.3) is 0 Å². The zero-order valence-corrected chi connectivity index (χ0v) is 11.9. The third-order valence-electron chi connectivity index (χ3n) is 3.29. The van der Waals surface area contributed by atoms with E-state index in [1.807, 2.05) is 13.8 Å². The number of rotatable bonds is 3. The summed E-state index contributed by atoms with van der Waals surface area (Å²) in [4.78, 5) is 15.0. The second kappa shape index (κ2) is 5.52. The largest absolute Gasteiger partial charge is 0.417 e. The minimum absolute atomic E-state index is 0.0245. The quantitative estimate of drug-likeness (QED) is 0.782. The van der Waals surface area contributed by atoms with Gasteiger partial charge < -0.3 is 4.90 Å². The molecule has 6 heteroatoms. The van der Waals surface area contributed by atoms with Crippen LogP contribution in [0.1, 0.15) is 29.8 Å². The van der Waals surface area contributed by atoms with Gasteiger partial charge in [-0.25, -0.2) is 0 Å². The molecule has 2 nitrogen and oxygen atoms in total. The molecule has 1 aromatic rings. The molecular formula is C14H14F3NOS. The average Bonchev–Trinajstić information content (AvgIpc) is 2.70. The summed E-state index contributed by atoms with van der Waals surface area (Å²) < 4.78 is 38.6. The molecule has 1 aromatic carbocycles. The van der Waals surface area contributed by atoms with Crippen LogP contribution in [0.3, 0.4) is 0 Å². The van der Waals surface area contributed by atoms with Gasteiger partial charge in [-0.3, -0.25) is 4.79 Å². The lowest BCUT2D eigenvalue weighted by molar-refractivity contribution is -0.137. The summed E-state index contributed by atoms with van der Waals surface area (Å²) in [5.41, 5.74) is -0.176. The van der Waals surface area contributed by atoms with Gasteiger partial charge in [0.2, 0.25) is 0 Å². The number of alkyl halides is 3. The van der Waals surface area contributed by atoms with Gasteiger partial charge >= 0.3 is 6.18 Å². The predicted molar refractivity (Wildman–Crippen MR) is 73.3 cm³/mol. The van der Waals surface area contributed by atoms with Gasteiger partial charge in [0, 0.05) is 16.2 Å². The first-order chi connectivity index (χ1) is 9.30. The van der Waals surface area contributed by atoms with E-state index in [1.165, 1.54) is 18.2 Å². The summed E-state index contributed by atoms with van der Waals surface area (Å²) in [5.74, 6) is 0.102. The van der Waals surface area contributed by atoms with E-state index >= 15 is 0 Å². The lowest BCUT2D eigenvalue weighted by Crippen LogP contribution is -2.27. The number of carbonyl (C=O) groups excluding carboxylic acids is 1. The van der Waals surface area contributed by atoms with E-state index in [1.54, 1.807) is 16.7 Å². The average molecular weight is 301 g/mol. The van der Waals surface area contributed by atoms with Gasteiger partial charge in [-0.15, -0.1) is 11.8 Å².